The molecule has 7 heteroatoms. The number of nitrogens with one attached hydrogen (secondary N) is 1. The third kappa shape index (κ3) is 2.87. The van der Waals surface area contributed by atoms with Crippen LogP contribution in [0, 0.1) is 10.1 Å². The van der Waals surface area contributed by atoms with Gasteiger partial charge in [-0.05, 0) is 6.42 Å². The molecule has 0 saturated carbocycles. The van der Waals surface area contributed by atoms with Gasteiger partial charge in [0.15, 0.2) is 11.5 Å². The second-order valence-electron chi connectivity index (χ2n) is 4.19. The van der Waals surface area contributed by atoms with Crippen molar-refractivity contribution in [1.82, 2.24) is 0 Å². The fourth-order valence-electron chi connectivity index (χ4n) is 2.00. The maximum atomic E-state index is 11.1. The summed E-state index contributed by atoms with van der Waals surface area (Å²) in [5.41, 5.74) is 0.378. The molecule has 0 bridgehead atoms. The lowest BCUT2D eigenvalue weighted by Gasteiger charge is -2.15. The molecule has 1 heterocycles. The molecule has 19 heavy (non-hydrogen) atoms. The average Bonchev–Trinajstić information content (AvgIpc) is 2.90. The molecule has 1 unspecified atom stereocenters. The van der Waals surface area contributed by atoms with E-state index in [0.717, 1.165) is 6.42 Å². The zero-order valence-electron chi connectivity index (χ0n) is 10.8. The van der Waals surface area contributed by atoms with E-state index in [0.29, 0.717) is 30.4 Å². The Balaban J connectivity index is 2.35. The smallest absolute Gasteiger partial charge is 0.296 e. The highest BCUT2D eigenvalue weighted by Crippen LogP contribution is 2.38. The summed E-state index contributed by atoms with van der Waals surface area (Å²) in [6.07, 6.45) is 0.825. The van der Waals surface area contributed by atoms with E-state index in [-0.39, 0.29) is 11.7 Å². The van der Waals surface area contributed by atoms with E-state index >= 15 is 0 Å². The third-order valence-electron chi connectivity index (χ3n) is 2.99. The zero-order valence-corrected chi connectivity index (χ0v) is 10.8. The number of nitro benzene ring substituents is 1. The Bertz CT molecular complexity index is 471. The van der Waals surface area contributed by atoms with Crippen molar-refractivity contribution in [2.45, 2.75) is 12.5 Å². The molecular formula is C12H16N2O5. The van der Waals surface area contributed by atoms with Crippen LogP contribution in [0.25, 0.3) is 0 Å². The number of methoxy groups -OCH3 is 2. The molecule has 0 radical (unpaired) electrons. The number of nitro groups is 1. The van der Waals surface area contributed by atoms with Crippen molar-refractivity contribution < 1.29 is 19.1 Å². The minimum Gasteiger partial charge on any atom is -0.493 e. The molecule has 1 fully saturated rings. The maximum absolute atomic E-state index is 11.1. The van der Waals surface area contributed by atoms with Gasteiger partial charge in [-0.1, -0.05) is 0 Å². The van der Waals surface area contributed by atoms with Gasteiger partial charge in [-0.3, -0.25) is 10.1 Å². The van der Waals surface area contributed by atoms with Crippen molar-refractivity contribution in [3.05, 3.63) is 22.2 Å². The Morgan fingerprint density at radius 2 is 2.05 bits per heavy atom. The van der Waals surface area contributed by atoms with Gasteiger partial charge in [-0.25, -0.2) is 0 Å². The number of hydrogen-bond donors (Lipinski definition) is 1. The summed E-state index contributed by atoms with van der Waals surface area (Å²) >= 11 is 0. The quantitative estimate of drug-likeness (QED) is 0.647. The van der Waals surface area contributed by atoms with E-state index in [9.17, 15) is 10.1 Å². The van der Waals surface area contributed by atoms with Crippen LogP contribution in [-0.2, 0) is 4.74 Å². The number of ether oxygens (including phenoxy) is 3. The standard InChI is InChI=1S/C12H16N2O5/c1-17-11-5-9(13-8-3-4-19-7-8)10(14(15)16)6-12(11)18-2/h5-6,8,13H,3-4,7H2,1-2H3. The van der Waals surface area contributed by atoms with Gasteiger partial charge in [0.25, 0.3) is 5.69 Å². The van der Waals surface area contributed by atoms with Gasteiger partial charge in [0.1, 0.15) is 5.69 Å². The van der Waals surface area contributed by atoms with Crippen LogP contribution < -0.4 is 14.8 Å². The van der Waals surface area contributed by atoms with Gasteiger partial charge in [-0.2, -0.15) is 0 Å². The van der Waals surface area contributed by atoms with Crippen LogP contribution in [0.5, 0.6) is 11.5 Å². The Hall–Kier alpha value is -2.02. The van der Waals surface area contributed by atoms with Crippen molar-refractivity contribution in [2.75, 3.05) is 32.8 Å². The molecule has 0 aliphatic carbocycles. The molecule has 1 N–H and O–H groups in total. The zero-order chi connectivity index (χ0) is 13.8. The van der Waals surface area contributed by atoms with Crippen molar-refractivity contribution in [3.63, 3.8) is 0 Å². The summed E-state index contributed by atoms with van der Waals surface area (Å²) < 4.78 is 15.5. The highest BCUT2D eigenvalue weighted by molar-refractivity contribution is 5.68. The summed E-state index contributed by atoms with van der Waals surface area (Å²) in [5, 5.41) is 14.2. The van der Waals surface area contributed by atoms with Gasteiger partial charge >= 0.3 is 0 Å². The van der Waals surface area contributed by atoms with Gasteiger partial charge in [-0.15, -0.1) is 0 Å². The van der Waals surface area contributed by atoms with Gasteiger partial charge in [0, 0.05) is 12.7 Å². The van der Waals surface area contributed by atoms with Crippen molar-refractivity contribution in [2.24, 2.45) is 0 Å². The van der Waals surface area contributed by atoms with Crippen LogP contribution >= 0.6 is 0 Å². The van der Waals surface area contributed by atoms with E-state index in [1.807, 2.05) is 0 Å². The van der Waals surface area contributed by atoms with Crippen LogP contribution in [0.4, 0.5) is 11.4 Å². The minimum absolute atomic E-state index is 0.0375. The molecule has 0 amide bonds. The molecule has 1 saturated heterocycles. The van der Waals surface area contributed by atoms with Crippen molar-refractivity contribution in [3.8, 4) is 11.5 Å². The van der Waals surface area contributed by atoms with E-state index in [1.165, 1.54) is 20.3 Å². The van der Waals surface area contributed by atoms with Crippen LogP contribution in [-0.4, -0.2) is 38.4 Å². The van der Waals surface area contributed by atoms with Crippen LogP contribution in [0.3, 0.4) is 0 Å². The lowest BCUT2D eigenvalue weighted by Crippen LogP contribution is -2.19. The maximum Gasteiger partial charge on any atom is 0.296 e. The first-order valence-corrected chi connectivity index (χ1v) is 5.90. The van der Waals surface area contributed by atoms with Crippen LogP contribution in [0.2, 0.25) is 0 Å². The second-order valence-corrected chi connectivity index (χ2v) is 4.19. The second kappa shape index (κ2) is 5.75. The molecule has 1 aromatic carbocycles. The molecule has 1 aliphatic rings. The van der Waals surface area contributed by atoms with Crippen molar-refractivity contribution >= 4 is 11.4 Å². The summed E-state index contributed by atoms with van der Waals surface area (Å²) in [6, 6.07) is 3.02. The Morgan fingerprint density at radius 1 is 1.37 bits per heavy atom. The molecular weight excluding hydrogens is 252 g/mol. The molecule has 7 nitrogen and oxygen atoms in total. The Kier molecular flexibility index (Phi) is 4.06. The first-order valence-electron chi connectivity index (χ1n) is 5.90. The summed E-state index contributed by atoms with van der Waals surface area (Å²) in [4.78, 5) is 10.7. The third-order valence-corrected chi connectivity index (χ3v) is 2.99. The first-order chi connectivity index (χ1) is 9.15. The average molecular weight is 268 g/mol. The van der Waals surface area contributed by atoms with Gasteiger partial charge in [0.05, 0.1) is 37.9 Å². The summed E-state index contributed by atoms with van der Waals surface area (Å²) in [7, 11) is 2.94. The number of benzene rings is 1. The SMILES string of the molecule is COc1cc(NC2CCOC2)c([N+](=O)[O-])cc1OC. The number of hydrogen-bond acceptors (Lipinski definition) is 6. The predicted octanol–water partition coefficient (Wildman–Crippen LogP) is 1.81. The monoisotopic (exact) mass is 268 g/mol. The fourth-order valence-corrected chi connectivity index (χ4v) is 2.00. The highest BCUT2D eigenvalue weighted by atomic mass is 16.6. The topological polar surface area (TPSA) is 82.9 Å². The van der Waals surface area contributed by atoms with Crippen LogP contribution in [0.15, 0.2) is 12.1 Å². The molecule has 104 valence electrons. The normalized spacial score (nSPS) is 18.1. The Labute approximate surface area is 110 Å². The van der Waals surface area contributed by atoms with E-state index in [1.54, 1.807) is 6.07 Å². The fraction of sp³-hybridized carbons (Fsp3) is 0.500. The predicted molar refractivity (Wildman–Crippen MR) is 69.0 cm³/mol. The van der Waals surface area contributed by atoms with Crippen LogP contribution in [0.1, 0.15) is 6.42 Å². The lowest BCUT2D eigenvalue weighted by molar-refractivity contribution is -0.384. The summed E-state index contributed by atoms with van der Waals surface area (Å²) in [6.45, 7) is 1.21. The molecule has 1 atom stereocenters. The molecule has 0 spiro atoms. The molecule has 2 rings (SSSR count). The van der Waals surface area contributed by atoms with E-state index in [4.69, 9.17) is 14.2 Å². The molecule has 1 aromatic rings. The number of anilines is 1. The number of rotatable bonds is 5. The summed E-state index contributed by atoms with van der Waals surface area (Å²) in [5.74, 6) is 0.789. The van der Waals surface area contributed by atoms with Gasteiger partial charge in [0.2, 0.25) is 0 Å². The molecule has 0 aromatic heterocycles. The molecule has 1 aliphatic heterocycles. The highest BCUT2D eigenvalue weighted by Gasteiger charge is 2.23. The van der Waals surface area contributed by atoms with E-state index in [2.05, 4.69) is 5.32 Å². The minimum atomic E-state index is -0.444. The first kappa shape index (κ1) is 13.4. The Morgan fingerprint density at radius 3 is 2.58 bits per heavy atom. The number of nitrogens with zero attached hydrogens (tertiary/aromatic N) is 1. The van der Waals surface area contributed by atoms with Crippen molar-refractivity contribution in [1.29, 1.82) is 0 Å². The van der Waals surface area contributed by atoms with Gasteiger partial charge < -0.3 is 19.5 Å². The lowest BCUT2D eigenvalue weighted by atomic mass is 10.2. The largest absolute Gasteiger partial charge is 0.493 e. The van der Waals surface area contributed by atoms with E-state index < -0.39 is 4.92 Å².